The number of nitrogens with zero attached hydrogens (tertiary/aromatic N) is 1. The number of nitrogens with two attached hydrogens (primary N) is 1. The van der Waals surface area contributed by atoms with Crippen LogP contribution in [0.3, 0.4) is 0 Å². The van der Waals surface area contributed by atoms with E-state index in [0.717, 1.165) is 5.39 Å². The summed E-state index contributed by atoms with van der Waals surface area (Å²) in [5, 5.41) is 4.60. The van der Waals surface area contributed by atoms with Crippen LogP contribution >= 0.6 is 12.4 Å². The highest BCUT2D eigenvalue weighted by atomic mass is 35.5. The predicted molar refractivity (Wildman–Crippen MR) is 62.4 cm³/mol. The first kappa shape index (κ1) is 12.6. The lowest BCUT2D eigenvalue weighted by Crippen LogP contribution is -2.10. The van der Waals surface area contributed by atoms with Gasteiger partial charge < -0.3 is 19.7 Å². The molecule has 0 saturated carbocycles. The molecule has 0 amide bonds. The van der Waals surface area contributed by atoms with Crippen LogP contribution in [0, 0.1) is 0 Å². The Morgan fingerprint density at radius 3 is 2.94 bits per heavy atom. The lowest BCUT2D eigenvalue weighted by Gasteiger charge is -2.00. The molecule has 2 rings (SSSR count). The van der Waals surface area contributed by atoms with Crippen LogP contribution in [0.1, 0.15) is 0 Å². The average molecular weight is 245 g/mol. The van der Waals surface area contributed by atoms with Gasteiger partial charge in [0.25, 0.3) is 5.88 Å². The van der Waals surface area contributed by atoms with E-state index in [1.165, 1.54) is 0 Å². The third-order valence-corrected chi connectivity index (χ3v) is 2.01. The summed E-state index contributed by atoms with van der Waals surface area (Å²) in [6, 6.07) is 5.52. The SMILES string of the molecule is COc1cccc2c(OCCN)noc12.Cl. The van der Waals surface area contributed by atoms with Crippen molar-refractivity contribution in [2.24, 2.45) is 5.73 Å². The highest BCUT2D eigenvalue weighted by Gasteiger charge is 2.12. The van der Waals surface area contributed by atoms with Gasteiger partial charge in [-0.15, -0.1) is 12.4 Å². The van der Waals surface area contributed by atoms with E-state index in [1.54, 1.807) is 13.2 Å². The maximum atomic E-state index is 5.34. The Morgan fingerprint density at radius 1 is 1.44 bits per heavy atom. The molecule has 0 aliphatic rings. The maximum absolute atomic E-state index is 5.34. The maximum Gasteiger partial charge on any atom is 0.262 e. The van der Waals surface area contributed by atoms with Crippen molar-refractivity contribution in [1.29, 1.82) is 0 Å². The highest BCUT2D eigenvalue weighted by Crippen LogP contribution is 2.31. The molecule has 0 spiro atoms. The van der Waals surface area contributed by atoms with Gasteiger partial charge >= 0.3 is 0 Å². The van der Waals surface area contributed by atoms with Crippen molar-refractivity contribution < 1.29 is 14.0 Å². The van der Waals surface area contributed by atoms with E-state index in [1.807, 2.05) is 12.1 Å². The van der Waals surface area contributed by atoms with Gasteiger partial charge in [0, 0.05) is 6.54 Å². The summed E-state index contributed by atoms with van der Waals surface area (Å²) >= 11 is 0. The van der Waals surface area contributed by atoms with Gasteiger partial charge in [-0.3, -0.25) is 0 Å². The van der Waals surface area contributed by atoms with E-state index in [4.69, 9.17) is 19.7 Å². The molecule has 0 aliphatic heterocycles. The second-order valence-electron chi connectivity index (χ2n) is 2.96. The molecule has 1 heterocycles. The van der Waals surface area contributed by atoms with E-state index in [-0.39, 0.29) is 12.4 Å². The van der Waals surface area contributed by atoms with Crippen molar-refractivity contribution in [2.45, 2.75) is 0 Å². The topological polar surface area (TPSA) is 70.5 Å². The third-order valence-electron chi connectivity index (χ3n) is 2.01. The molecule has 0 unspecified atom stereocenters. The largest absolute Gasteiger partial charge is 0.493 e. The zero-order chi connectivity index (χ0) is 10.7. The van der Waals surface area contributed by atoms with Gasteiger partial charge in [-0.05, 0) is 17.3 Å². The molecule has 0 saturated heterocycles. The van der Waals surface area contributed by atoms with Gasteiger partial charge in [-0.25, -0.2) is 0 Å². The molecule has 0 radical (unpaired) electrons. The average Bonchev–Trinajstić information content (AvgIpc) is 2.69. The van der Waals surface area contributed by atoms with Gasteiger partial charge in [0.05, 0.1) is 12.5 Å². The smallest absolute Gasteiger partial charge is 0.262 e. The Labute approximate surface area is 98.9 Å². The van der Waals surface area contributed by atoms with Crippen molar-refractivity contribution in [3.8, 4) is 11.6 Å². The van der Waals surface area contributed by atoms with Crippen LogP contribution in [0.2, 0.25) is 0 Å². The molecule has 0 fully saturated rings. The van der Waals surface area contributed by atoms with Crippen molar-refractivity contribution in [2.75, 3.05) is 20.3 Å². The molecule has 1 aromatic heterocycles. The second kappa shape index (κ2) is 5.58. The van der Waals surface area contributed by atoms with Crippen LogP contribution in [-0.4, -0.2) is 25.4 Å². The fraction of sp³-hybridized carbons (Fsp3) is 0.300. The summed E-state index contributed by atoms with van der Waals surface area (Å²) in [6.45, 7) is 0.858. The Morgan fingerprint density at radius 2 is 2.25 bits per heavy atom. The van der Waals surface area contributed by atoms with E-state index in [2.05, 4.69) is 5.16 Å². The Hall–Kier alpha value is -1.46. The van der Waals surface area contributed by atoms with Crippen LogP contribution < -0.4 is 15.2 Å². The molecule has 88 valence electrons. The van der Waals surface area contributed by atoms with E-state index < -0.39 is 0 Å². The predicted octanol–water partition coefficient (Wildman–Crippen LogP) is 1.60. The molecule has 6 heteroatoms. The Balaban J connectivity index is 0.00000128. The third kappa shape index (κ3) is 2.20. The minimum atomic E-state index is 0. The van der Waals surface area contributed by atoms with Gasteiger partial charge in [-0.1, -0.05) is 6.07 Å². The first-order chi connectivity index (χ1) is 7.36. The number of fused-ring (bicyclic) bond motifs is 1. The first-order valence-corrected chi connectivity index (χ1v) is 4.62. The van der Waals surface area contributed by atoms with E-state index in [0.29, 0.717) is 30.4 Å². The molecular weight excluding hydrogens is 232 g/mol. The summed E-state index contributed by atoms with van der Waals surface area (Å²) in [6.07, 6.45) is 0. The lowest BCUT2D eigenvalue weighted by molar-refractivity contribution is 0.291. The molecule has 0 bridgehead atoms. The zero-order valence-corrected chi connectivity index (χ0v) is 9.62. The molecular formula is C10H13ClN2O3. The number of aromatic nitrogens is 1. The molecule has 16 heavy (non-hydrogen) atoms. The van der Waals surface area contributed by atoms with Crippen LogP contribution in [0.25, 0.3) is 11.0 Å². The number of ether oxygens (including phenoxy) is 2. The first-order valence-electron chi connectivity index (χ1n) is 4.62. The summed E-state index contributed by atoms with van der Waals surface area (Å²) < 4.78 is 15.6. The number of hydrogen-bond acceptors (Lipinski definition) is 5. The van der Waals surface area contributed by atoms with E-state index >= 15 is 0 Å². The number of para-hydroxylation sites is 1. The fourth-order valence-electron chi connectivity index (χ4n) is 1.34. The summed E-state index contributed by atoms with van der Waals surface area (Å²) in [5.41, 5.74) is 5.93. The molecule has 0 aliphatic carbocycles. The molecule has 5 nitrogen and oxygen atoms in total. The minimum absolute atomic E-state index is 0. The highest BCUT2D eigenvalue weighted by molar-refractivity contribution is 5.87. The quantitative estimate of drug-likeness (QED) is 0.885. The molecule has 1 aromatic carbocycles. The minimum Gasteiger partial charge on any atom is -0.493 e. The summed E-state index contributed by atoms with van der Waals surface area (Å²) in [5.74, 6) is 1.09. The fourth-order valence-corrected chi connectivity index (χ4v) is 1.34. The van der Waals surface area contributed by atoms with Crippen LogP contribution in [0.5, 0.6) is 11.6 Å². The lowest BCUT2D eigenvalue weighted by atomic mass is 10.2. The van der Waals surface area contributed by atoms with Crippen molar-refractivity contribution >= 4 is 23.4 Å². The summed E-state index contributed by atoms with van der Waals surface area (Å²) in [4.78, 5) is 0. The molecule has 0 atom stereocenters. The second-order valence-corrected chi connectivity index (χ2v) is 2.96. The van der Waals surface area contributed by atoms with Crippen molar-refractivity contribution in [3.63, 3.8) is 0 Å². The van der Waals surface area contributed by atoms with Crippen molar-refractivity contribution in [3.05, 3.63) is 18.2 Å². The monoisotopic (exact) mass is 244 g/mol. The van der Waals surface area contributed by atoms with Crippen LogP contribution in [0.15, 0.2) is 22.7 Å². The van der Waals surface area contributed by atoms with Crippen LogP contribution in [0.4, 0.5) is 0 Å². The zero-order valence-electron chi connectivity index (χ0n) is 8.80. The Bertz CT molecular complexity index is 458. The number of rotatable bonds is 4. The van der Waals surface area contributed by atoms with Gasteiger partial charge in [0.1, 0.15) is 6.61 Å². The van der Waals surface area contributed by atoms with Crippen molar-refractivity contribution in [1.82, 2.24) is 5.16 Å². The molecule has 2 N–H and O–H groups in total. The Kier molecular flexibility index (Phi) is 4.39. The number of benzene rings is 1. The van der Waals surface area contributed by atoms with Gasteiger partial charge in [0.15, 0.2) is 5.75 Å². The number of methoxy groups -OCH3 is 1. The van der Waals surface area contributed by atoms with E-state index in [9.17, 15) is 0 Å². The number of halogens is 1. The standard InChI is InChI=1S/C10H12N2O3.ClH/c1-13-8-4-2-3-7-9(8)15-12-10(7)14-6-5-11;/h2-4H,5-6,11H2,1H3;1H. The van der Waals surface area contributed by atoms with Crippen LogP contribution in [-0.2, 0) is 0 Å². The van der Waals surface area contributed by atoms with Gasteiger partial charge in [-0.2, -0.15) is 0 Å². The van der Waals surface area contributed by atoms with Gasteiger partial charge in [0.2, 0.25) is 5.58 Å². The number of hydrogen-bond donors (Lipinski definition) is 1. The molecule has 2 aromatic rings. The summed E-state index contributed by atoms with van der Waals surface area (Å²) in [7, 11) is 1.58. The normalized spacial score (nSPS) is 9.88.